The summed E-state index contributed by atoms with van der Waals surface area (Å²) in [6.45, 7) is 3.18. The number of rotatable bonds is 5. The minimum Gasteiger partial charge on any atom is -0.480 e. The Kier molecular flexibility index (Phi) is 5.58. The number of urea groups is 1. The molecule has 21 heavy (non-hydrogen) atoms. The average molecular weight is 311 g/mol. The van der Waals surface area contributed by atoms with Gasteiger partial charge in [0.15, 0.2) is 0 Å². The van der Waals surface area contributed by atoms with Gasteiger partial charge in [-0.05, 0) is 17.9 Å². The largest absolute Gasteiger partial charge is 0.480 e. The van der Waals surface area contributed by atoms with Crippen LogP contribution in [-0.4, -0.2) is 78.1 Å². The molecule has 0 spiro atoms. The van der Waals surface area contributed by atoms with Crippen molar-refractivity contribution >= 4 is 23.3 Å². The normalized spacial score (nSPS) is 16.0. The van der Waals surface area contributed by atoms with Gasteiger partial charge in [0.1, 0.15) is 0 Å². The first-order chi connectivity index (χ1) is 10.1. The molecule has 2 heterocycles. The van der Waals surface area contributed by atoms with Gasteiger partial charge in [-0.3, -0.25) is 9.69 Å². The van der Waals surface area contributed by atoms with Gasteiger partial charge < -0.3 is 14.9 Å². The van der Waals surface area contributed by atoms with Gasteiger partial charge in [0.2, 0.25) is 0 Å². The smallest absolute Gasteiger partial charge is 0.319 e. The fourth-order valence-corrected chi connectivity index (χ4v) is 3.06. The second kappa shape index (κ2) is 7.42. The van der Waals surface area contributed by atoms with Crippen molar-refractivity contribution in [3.8, 4) is 0 Å². The van der Waals surface area contributed by atoms with Crippen LogP contribution in [0, 0.1) is 0 Å². The fourth-order valence-electron chi connectivity index (χ4n) is 2.36. The van der Waals surface area contributed by atoms with E-state index in [2.05, 4.69) is 6.07 Å². The van der Waals surface area contributed by atoms with Gasteiger partial charge in [-0.1, -0.05) is 6.07 Å². The third-order valence-electron chi connectivity index (χ3n) is 3.60. The molecule has 1 aromatic rings. The van der Waals surface area contributed by atoms with Crippen molar-refractivity contribution in [2.45, 2.75) is 6.42 Å². The summed E-state index contributed by atoms with van der Waals surface area (Å²) in [5, 5.41) is 10.8. The number of aliphatic carboxylic acids is 1. The Morgan fingerprint density at radius 2 is 2.05 bits per heavy atom. The predicted octanol–water partition coefficient (Wildman–Crippen LogP) is 1.04. The summed E-state index contributed by atoms with van der Waals surface area (Å²) in [6, 6.07) is 4.12. The molecule has 0 aromatic carbocycles. The highest BCUT2D eigenvalue weighted by molar-refractivity contribution is 7.09. The van der Waals surface area contributed by atoms with Crippen LogP contribution in [0.3, 0.4) is 0 Å². The maximum Gasteiger partial charge on any atom is 0.319 e. The molecule has 0 aliphatic carbocycles. The molecule has 0 saturated carbocycles. The average Bonchev–Trinajstić information content (AvgIpc) is 2.97. The Balaban J connectivity index is 1.74. The van der Waals surface area contributed by atoms with E-state index in [4.69, 9.17) is 5.11 Å². The van der Waals surface area contributed by atoms with Crippen LogP contribution >= 0.6 is 11.3 Å². The van der Waals surface area contributed by atoms with Crippen LogP contribution in [0.25, 0.3) is 0 Å². The highest BCUT2D eigenvalue weighted by atomic mass is 32.1. The van der Waals surface area contributed by atoms with Crippen LogP contribution < -0.4 is 0 Å². The van der Waals surface area contributed by atoms with E-state index in [0.717, 1.165) is 6.42 Å². The third-order valence-corrected chi connectivity index (χ3v) is 4.54. The maximum atomic E-state index is 12.3. The first kappa shape index (κ1) is 15.8. The molecule has 1 aliphatic rings. The van der Waals surface area contributed by atoms with Crippen LogP contribution in [0.4, 0.5) is 4.79 Å². The standard InChI is InChI=1S/C14H21N3O3S/c1-15(5-4-12-3-2-10-21-12)14(20)17-8-6-16(7-9-17)11-13(18)19/h2-3,10H,4-9,11H2,1H3,(H,18,19). The summed E-state index contributed by atoms with van der Waals surface area (Å²) < 4.78 is 0. The van der Waals surface area contributed by atoms with E-state index in [0.29, 0.717) is 32.7 Å². The molecule has 1 N–H and O–H groups in total. The van der Waals surface area contributed by atoms with Crippen molar-refractivity contribution in [1.82, 2.24) is 14.7 Å². The quantitative estimate of drug-likeness (QED) is 0.883. The summed E-state index contributed by atoms with van der Waals surface area (Å²) in [6.07, 6.45) is 0.874. The first-order valence-electron chi connectivity index (χ1n) is 7.03. The van der Waals surface area contributed by atoms with E-state index < -0.39 is 5.97 Å². The number of piperazine rings is 1. The minimum atomic E-state index is -0.817. The van der Waals surface area contributed by atoms with Gasteiger partial charge in [-0.15, -0.1) is 11.3 Å². The number of amides is 2. The molecule has 2 rings (SSSR count). The van der Waals surface area contributed by atoms with E-state index in [1.165, 1.54) is 4.88 Å². The Morgan fingerprint density at radius 1 is 1.33 bits per heavy atom. The summed E-state index contributed by atoms with van der Waals surface area (Å²) in [4.78, 5) is 29.6. The molecule has 6 nitrogen and oxygen atoms in total. The van der Waals surface area contributed by atoms with Gasteiger partial charge in [0.25, 0.3) is 0 Å². The lowest BCUT2D eigenvalue weighted by atomic mass is 10.3. The van der Waals surface area contributed by atoms with Gasteiger partial charge in [0, 0.05) is 44.6 Å². The fraction of sp³-hybridized carbons (Fsp3) is 0.571. The molecule has 1 aromatic heterocycles. The number of carboxylic acids is 1. The van der Waals surface area contributed by atoms with Crippen LogP contribution in [0.1, 0.15) is 4.88 Å². The van der Waals surface area contributed by atoms with Crippen molar-refractivity contribution in [3.05, 3.63) is 22.4 Å². The zero-order valence-corrected chi connectivity index (χ0v) is 13.0. The number of carboxylic acid groups (broad SMARTS) is 1. The minimum absolute atomic E-state index is 0.0292. The molecule has 0 radical (unpaired) electrons. The second-order valence-electron chi connectivity index (χ2n) is 5.19. The Hall–Kier alpha value is -1.60. The molecule has 7 heteroatoms. The molecule has 1 aliphatic heterocycles. The maximum absolute atomic E-state index is 12.3. The molecule has 2 amide bonds. The number of likely N-dealkylation sites (N-methyl/N-ethyl adjacent to an activating group) is 1. The van der Waals surface area contributed by atoms with Crippen LogP contribution in [-0.2, 0) is 11.2 Å². The molecule has 116 valence electrons. The van der Waals surface area contributed by atoms with E-state index in [-0.39, 0.29) is 12.6 Å². The highest BCUT2D eigenvalue weighted by Crippen LogP contribution is 2.10. The lowest BCUT2D eigenvalue weighted by Crippen LogP contribution is -2.53. The number of thiophene rings is 1. The van der Waals surface area contributed by atoms with Crippen LogP contribution in [0.15, 0.2) is 17.5 Å². The number of hydrogen-bond acceptors (Lipinski definition) is 4. The van der Waals surface area contributed by atoms with Crippen molar-refractivity contribution in [2.75, 3.05) is 46.3 Å². The lowest BCUT2D eigenvalue weighted by Gasteiger charge is -2.36. The zero-order valence-electron chi connectivity index (χ0n) is 12.2. The van der Waals surface area contributed by atoms with E-state index >= 15 is 0 Å². The molecule has 0 atom stereocenters. The third kappa shape index (κ3) is 4.71. The van der Waals surface area contributed by atoms with Crippen LogP contribution in [0.5, 0.6) is 0 Å². The Morgan fingerprint density at radius 3 is 2.62 bits per heavy atom. The summed E-state index contributed by atoms with van der Waals surface area (Å²) in [7, 11) is 1.82. The van der Waals surface area contributed by atoms with Gasteiger partial charge in [0.05, 0.1) is 6.54 Å². The molecular weight excluding hydrogens is 290 g/mol. The summed E-state index contributed by atoms with van der Waals surface area (Å²) >= 11 is 1.70. The number of hydrogen-bond donors (Lipinski definition) is 1. The van der Waals surface area contributed by atoms with Gasteiger partial charge in [-0.25, -0.2) is 4.79 Å². The monoisotopic (exact) mass is 311 g/mol. The van der Waals surface area contributed by atoms with E-state index in [1.54, 1.807) is 21.1 Å². The molecular formula is C14H21N3O3S. The summed E-state index contributed by atoms with van der Waals surface area (Å²) in [5.41, 5.74) is 0. The first-order valence-corrected chi connectivity index (χ1v) is 7.91. The van der Waals surface area contributed by atoms with Crippen molar-refractivity contribution < 1.29 is 14.7 Å². The zero-order chi connectivity index (χ0) is 15.2. The predicted molar refractivity (Wildman–Crippen MR) is 81.7 cm³/mol. The second-order valence-corrected chi connectivity index (χ2v) is 6.22. The Labute approximate surface area is 128 Å². The van der Waals surface area contributed by atoms with Gasteiger partial charge in [-0.2, -0.15) is 0 Å². The van der Waals surface area contributed by atoms with Crippen molar-refractivity contribution in [1.29, 1.82) is 0 Å². The topological polar surface area (TPSA) is 64.1 Å². The lowest BCUT2D eigenvalue weighted by molar-refractivity contribution is -0.138. The van der Waals surface area contributed by atoms with Crippen LogP contribution in [0.2, 0.25) is 0 Å². The van der Waals surface area contributed by atoms with Crippen molar-refractivity contribution in [2.24, 2.45) is 0 Å². The number of nitrogens with zero attached hydrogens (tertiary/aromatic N) is 3. The Bertz CT molecular complexity index is 470. The number of carbonyl (C=O) groups excluding carboxylic acids is 1. The SMILES string of the molecule is CN(CCc1cccs1)C(=O)N1CCN(CC(=O)O)CC1. The molecule has 0 bridgehead atoms. The van der Waals surface area contributed by atoms with Gasteiger partial charge >= 0.3 is 12.0 Å². The number of carbonyl (C=O) groups is 2. The summed E-state index contributed by atoms with van der Waals surface area (Å²) in [5.74, 6) is -0.817. The molecule has 1 fully saturated rings. The molecule has 0 unspecified atom stereocenters. The molecule has 1 saturated heterocycles. The van der Waals surface area contributed by atoms with Crippen molar-refractivity contribution in [3.63, 3.8) is 0 Å². The van der Waals surface area contributed by atoms with E-state index in [9.17, 15) is 9.59 Å². The highest BCUT2D eigenvalue weighted by Gasteiger charge is 2.24. The van der Waals surface area contributed by atoms with E-state index in [1.807, 2.05) is 23.4 Å².